The van der Waals surface area contributed by atoms with Gasteiger partial charge in [0.2, 0.25) is 0 Å². The molecule has 33 heavy (non-hydrogen) atoms. The third kappa shape index (κ3) is 6.67. The molecule has 2 aromatic rings. The molecule has 0 radical (unpaired) electrons. The van der Waals surface area contributed by atoms with Crippen molar-refractivity contribution in [3.05, 3.63) is 33.9 Å². The van der Waals surface area contributed by atoms with E-state index in [1.807, 2.05) is 0 Å². The lowest BCUT2D eigenvalue weighted by molar-refractivity contribution is -0.384. The zero-order chi connectivity index (χ0) is 25.1. The van der Waals surface area contributed by atoms with Gasteiger partial charge in [-0.05, 0) is 53.2 Å². The Hall–Kier alpha value is -3.63. The third-order valence-corrected chi connectivity index (χ3v) is 4.12. The van der Waals surface area contributed by atoms with E-state index < -0.39 is 28.3 Å². The van der Waals surface area contributed by atoms with Crippen molar-refractivity contribution in [1.82, 2.24) is 9.88 Å². The number of amides is 2. The number of pyridine rings is 1. The summed E-state index contributed by atoms with van der Waals surface area (Å²) >= 11 is 0. The number of carbonyl (C=O) groups excluding carboxylic acids is 2. The number of nitro benzene ring substituents is 1. The van der Waals surface area contributed by atoms with Gasteiger partial charge in [0.15, 0.2) is 5.75 Å². The van der Waals surface area contributed by atoms with Crippen molar-refractivity contribution in [2.75, 3.05) is 14.2 Å². The number of hydrogen-bond donors (Lipinski definition) is 0. The van der Waals surface area contributed by atoms with E-state index in [4.69, 9.17) is 18.9 Å². The Bertz CT molecular complexity index is 1040. The van der Waals surface area contributed by atoms with Gasteiger partial charge in [-0.15, -0.1) is 0 Å². The summed E-state index contributed by atoms with van der Waals surface area (Å²) in [7, 11) is 2.81. The van der Waals surface area contributed by atoms with E-state index in [1.54, 1.807) is 47.6 Å². The van der Waals surface area contributed by atoms with Crippen LogP contribution in [-0.4, -0.2) is 52.4 Å². The minimum Gasteiger partial charge on any atom is -0.491 e. The number of aromatic nitrogens is 1. The van der Waals surface area contributed by atoms with E-state index in [1.165, 1.54) is 26.4 Å². The SMILES string of the molecule is COc1cc2c(CN(C(=O)OC(C)(C)C)C(=O)OC(C)(C)C)cc([N+](=O)[O-])cc2nc1OC. The summed E-state index contributed by atoms with van der Waals surface area (Å²) in [6.45, 7) is 9.57. The van der Waals surface area contributed by atoms with Crippen LogP contribution in [0.3, 0.4) is 0 Å². The number of imide groups is 1. The molecule has 1 heterocycles. The fourth-order valence-corrected chi connectivity index (χ4v) is 2.83. The molecule has 0 saturated carbocycles. The number of ether oxygens (including phenoxy) is 4. The van der Waals surface area contributed by atoms with E-state index in [2.05, 4.69) is 4.98 Å². The first-order valence-electron chi connectivity index (χ1n) is 10.1. The smallest absolute Gasteiger partial charge is 0.420 e. The molecule has 1 aromatic carbocycles. The number of nitro groups is 1. The Morgan fingerprint density at radius 2 is 1.52 bits per heavy atom. The van der Waals surface area contributed by atoms with E-state index in [0.717, 1.165) is 4.90 Å². The molecule has 180 valence electrons. The second-order valence-electron chi connectivity index (χ2n) is 9.18. The lowest BCUT2D eigenvalue weighted by atomic mass is 10.1. The van der Waals surface area contributed by atoms with Gasteiger partial charge in [-0.25, -0.2) is 19.5 Å². The third-order valence-electron chi connectivity index (χ3n) is 4.12. The molecule has 0 aliphatic heterocycles. The van der Waals surface area contributed by atoms with Crippen molar-refractivity contribution in [2.45, 2.75) is 59.3 Å². The average molecular weight is 463 g/mol. The molecule has 2 rings (SSSR count). The van der Waals surface area contributed by atoms with Gasteiger partial charge in [-0.2, -0.15) is 0 Å². The van der Waals surface area contributed by atoms with Crippen LogP contribution in [0.1, 0.15) is 47.1 Å². The maximum Gasteiger partial charge on any atom is 0.420 e. The summed E-state index contributed by atoms with van der Waals surface area (Å²) in [6, 6.07) is 4.10. The minimum absolute atomic E-state index is 0.132. The number of non-ortho nitro benzene ring substituents is 1. The van der Waals surface area contributed by atoms with Crippen LogP contribution in [0.5, 0.6) is 11.6 Å². The summed E-state index contributed by atoms with van der Waals surface area (Å²) in [5.41, 5.74) is -1.55. The standard InChI is InChI=1S/C22H29N3O8/c1-21(2,3)32-19(26)24(20(27)33-22(4,5)6)12-13-9-14(25(28)29)10-16-15(13)11-17(30-7)18(23-16)31-8/h9-11H,12H2,1-8H3. The lowest BCUT2D eigenvalue weighted by Gasteiger charge is -2.28. The maximum absolute atomic E-state index is 12.9. The zero-order valence-electron chi connectivity index (χ0n) is 20.0. The van der Waals surface area contributed by atoms with Gasteiger partial charge in [0.25, 0.3) is 11.6 Å². The molecule has 0 N–H and O–H groups in total. The molecule has 0 unspecified atom stereocenters. The Labute approximate surface area is 191 Å². The molecule has 0 fully saturated rings. The summed E-state index contributed by atoms with van der Waals surface area (Å²) in [4.78, 5) is 41.7. The van der Waals surface area contributed by atoms with Crippen LogP contribution in [0.25, 0.3) is 10.9 Å². The van der Waals surface area contributed by atoms with E-state index >= 15 is 0 Å². The van der Waals surface area contributed by atoms with Gasteiger partial charge in [0.05, 0.1) is 31.2 Å². The Morgan fingerprint density at radius 3 is 1.94 bits per heavy atom. The number of methoxy groups -OCH3 is 2. The molecule has 11 nitrogen and oxygen atoms in total. The van der Waals surface area contributed by atoms with Gasteiger partial charge < -0.3 is 18.9 Å². The number of benzene rings is 1. The number of fused-ring (bicyclic) bond motifs is 1. The normalized spacial score (nSPS) is 11.6. The first-order valence-corrected chi connectivity index (χ1v) is 10.1. The summed E-state index contributed by atoms with van der Waals surface area (Å²) in [6.07, 6.45) is -1.91. The topological polar surface area (TPSA) is 130 Å². The van der Waals surface area contributed by atoms with Gasteiger partial charge in [0.1, 0.15) is 11.2 Å². The molecule has 1 aromatic heterocycles. The zero-order valence-corrected chi connectivity index (χ0v) is 20.0. The lowest BCUT2D eigenvalue weighted by Crippen LogP contribution is -2.43. The molecular weight excluding hydrogens is 434 g/mol. The summed E-state index contributed by atoms with van der Waals surface area (Å²) in [5.74, 6) is 0.411. The Kier molecular flexibility index (Phi) is 7.36. The van der Waals surface area contributed by atoms with Crippen molar-refractivity contribution in [2.24, 2.45) is 0 Å². The minimum atomic E-state index is -0.954. The van der Waals surface area contributed by atoms with Crippen molar-refractivity contribution in [3.63, 3.8) is 0 Å². The fourth-order valence-electron chi connectivity index (χ4n) is 2.83. The molecule has 0 aliphatic rings. The predicted octanol–water partition coefficient (Wildman–Crippen LogP) is 4.83. The average Bonchev–Trinajstić information content (AvgIpc) is 2.67. The van der Waals surface area contributed by atoms with Crippen LogP contribution < -0.4 is 9.47 Å². The van der Waals surface area contributed by atoms with Crippen LogP contribution in [0.2, 0.25) is 0 Å². The van der Waals surface area contributed by atoms with Gasteiger partial charge >= 0.3 is 12.2 Å². The molecule has 0 bridgehead atoms. The molecule has 2 amide bonds. The van der Waals surface area contributed by atoms with E-state index in [-0.39, 0.29) is 34.9 Å². The van der Waals surface area contributed by atoms with Crippen molar-refractivity contribution in [3.8, 4) is 11.6 Å². The highest BCUT2D eigenvalue weighted by Crippen LogP contribution is 2.34. The quantitative estimate of drug-likeness (QED) is 0.452. The monoisotopic (exact) mass is 463 g/mol. The second-order valence-corrected chi connectivity index (χ2v) is 9.18. The first-order chi connectivity index (χ1) is 15.1. The number of rotatable bonds is 5. The van der Waals surface area contributed by atoms with Crippen molar-refractivity contribution >= 4 is 28.8 Å². The maximum atomic E-state index is 12.9. The molecular formula is C22H29N3O8. The Morgan fingerprint density at radius 1 is 0.970 bits per heavy atom. The Balaban J connectivity index is 2.66. The molecule has 0 atom stereocenters. The van der Waals surface area contributed by atoms with Crippen LogP contribution >= 0.6 is 0 Å². The highest BCUT2D eigenvalue weighted by molar-refractivity contribution is 5.91. The first kappa shape index (κ1) is 25.6. The van der Waals surface area contributed by atoms with Crippen molar-refractivity contribution < 1.29 is 33.5 Å². The van der Waals surface area contributed by atoms with Crippen LogP contribution in [0.4, 0.5) is 15.3 Å². The molecule has 11 heteroatoms. The summed E-state index contributed by atoms with van der Waals surface area (Å²) < 4.78 is 21.2. The predicted molar refractivity (Wildman–Crippen MR) is 120 cm³/mol. The van der Waals surface area contributed by atoms with E-state index in [0.29, 0.717) is 5.39 Å². The molecule has 0 aliphatic carbocycles. The van der Waals surface area contributed by atoms with Crippen LogP contribution in [0, 0.1) is 10.1 Å². The van der Waals surface area contributed by atoms with Gasteiger partial charge in [-0.3, -0.25) is 10.1 Å². The van der Waals surface area contributed by atoms with Gasteiger partial charge in [-0.1, -0.05) is 0 Å². The van der Waals surface area contributed by atoms with Crippen LogP contribution in [-0.2, 0) is 16.0 Å². The van der Waals surface area contributed by atoms with E-state index in [9.17, 15) is 19.7 Å². The fraction of sp³-hybridized carbons (Fsp3) is 0.500. The second kappa shape index (κ2) is 9.47. The van der Waals surface area contributed by atoms with Crippen molar-refractivity contribution in [1.29, 1.82) is 0 Å². The number of nitrogens with zero attached hydrogens (tertiary/aromatic N) is 3. The summed E-state index contributed by atoms with van der Waals surface area (Å²) in [5, 5.41) is 12.0. The highest BCUT2D eigenvalue weighted by Gasteiger charge is 2.32. The number of carbonyl (C=O) groups is 2. The largest absolute Gasteiger partial charge is 0.491 e. The van der Waals surface area contributed by atoms with Gasteiger partial charge in [0, 0.05) is 17.5 Å². The molecule has 0 saturated heterocycles. The number of hydrogen-bond acceptors (Lipinski definition) is 9. The highest BCUT2D eigenvalue weighted by atomic mass is 16.6. The van der Waals surface area contributed by atoms with Crippen LogP contribution in [0.15, 0.2) is 18.2 Å². The molecule has 0 spiro atoms.